The summed E-state index contributed by atoms with van der Waals surface area (Å²) in [5.74, 6) is 1.25. The molecular formula is C12H16N8. The van der Waals surface area contributed by atoms with Crippen LogP contribution < -0.4 is 10.6 Å². The number of fused-ring (bicyclic) bond motifs is 1. The van der Waals surface area contributed by atoms with E-state index in [1.54, 1.807) is 17.2 Å². The van der Waals surface area contributed by atoms with E-state index in [0.29, 0.717) is 17.4 Å². The van der Waals surface area contributed by atoms with Crippen LogP contribution in [0.5, 0.6) is 0 Å². The van der Waals surface area contributed by atoms with Gasteiger partial charge in [-0.15, -0.1) is 0 Å². The Morgan fingerprint density at radius 3 is 3.00 bits per heavy atom. The summed E-state index contributed by atoms with van der Waals surface area (Å²) in [6.45, 7) is 2.91. The van der Waals surface area contributed by atoms with Crippen LogP contribution >= 0.6 is 0 Å². The van der Waals surface area contributed by atoms with Crippen molar-refractivity contribution < 1.29 is 0 Å². The zero-order chi connectivity index (χ0) is 13.9. The number of hydrogen-bond donors (Lipinski definition) is 3. The third-order valence-electron chi connectivity index (χ3n) is 2.79. The van der Waals surface area contributed by atoms with Crippen molar-refractivity contribution >= 4 is 28.6 Å². The smallest absolute Gasteiger partial charge is 0.226 e. The van der Waals surface area contributed by atoms with Crippen molar-refractivity contribution in [2.24, 2.45) is 7.05 Å². The maximum Gasteiger partial charge on any atom is 0.226 e. The lowest BCUT2D eigenvalue weighted by Crippen LogP contribution is -2.06. The Hall–Kier alpha value is -2.64. The van der Waals surface area contributed by atoms with E-state index in [1.807, 2.05) is 13.2 Å². The Morgan fingerprint density at radius 1 is 1.35 bits per heavy atom. The molecule has 0 spiro atoms. The molecule has 8 heteroatoms. The minimum Gasteiger partial charge on any atom is -0.354 e. The summed E-state index contributed by atoms with van der Waals surface area (Å²) >= 11 is 0. The van der Waals surface area contributed by atoms with Gasteiger partial charge in [-0.1, -0.05) is 6.92 Å². The van der Waals surface area contributed by atoms with E-state index in [9.17, 15) is 0 Å². The lowest BCUT2D eigenvalue weighted by Gasteiger charge is -2.07. The molecule has 8 nitrogen and oxygen atoms in total. The minimum absolute atomic E-state index is 0.567. The molecule has 0 radical (unpaired) electrons. The highest BCUT2D eigenvalue weighted by molar-refractivity contribution is 5.85. The van der Waals surface area contributed by atoms with Crippen LogP contribution in [-0.2, 0) is 7.05 Å². The molecule has 0 amide bonds. The van der Waals surface area contributed by atoms with E-state index in [2.05, 4.69) is 42.6 Å². The first kappa shape index (κ1) is 12.4. The molecule has 3 aromatic rings. The summed E-state index contributed by atoms with van der Waals surface area (Å²) < 4.78 is 1.73. The molecule has 0 aliphatic carbocycles. The lowest BCUT2D eigenvalue weighted by molar-refractivity contribution is 0.768. The van der Waals surface area contributed by atoms with E-state index in [4.69, 9.17) is 0 Å². The number of anilines is 3. The number of aryl methyl sites for hydroxylation is 1. The summed E-state index contributed by atoms with van der Waals surface area (Å²) in [5, 5.41) is 10.5. The fourth-order valence-electron chi connectivity index (χ4n) is 1.86. The number of imidazole rings is 1. The summed E-state index contributed by atoms with van der Waals surface area (Å²) in [7, 11) is 1.87. The number of aromatic nitrogens is 6. The van der Waals surface area contributed by atoms with Gasteiger partial charge in [-0.25, -0.2) is 4.98 Å². The Bertz CT molecular complexity index is 713. The van der Waals surface area contributed by atoms with Crippen LogP contribution in [-0.4, -0.2) is 36.3 Å². The molecule has 20 heavy (non-hydrogen) atoms. The van der Waals surface area contributed by atoms with Crippen LogP contribution in [0.3, 0.4) is 0 Å². The zero-order valence-electron chi connectivity index (χ0n) is 11.4. The van der Waals surface area contributed by atoms with Crippen LogP contribution in [0.15, 0.2) is 18.7 Å². The lowest BCUT2D eigenvalue weighted by atomic mass is 10.4. The van der Waals surface area contributed by atoms with Gasteiger partial charge < -0.3 is 15.6 Å². The molecular weight excluding hydrogens is 256 g/mol. The fraction of sp³-hybridized carbons (Fsp3) is 0.333. The van der Waals surface area contributed by atoms with Gasteiger partial charge in [-0.3, -0.25) is 4.68 Å². The summed E-state index contributed by atoms with van der Waals surface area (Å²) in [6.07, 6.45) is 6.23. The third-order valence-corrected chi connectivity index (χ3v) is 2.79. The molecule has 3 N–H and O–H groups in total. The molecule has 0 unspecified atom stereocenters. The van der Waals surface area contributed by atoms with Gasteiger partial charge in [0.15, 0.2) is 11.5 Å². The molecule has 3 heterocycles. The highest BCUT2D eigenvalue weighted by atomic mass is 15.3. The maximum absolute atomic E-state index is 4.47. The first-order chi connectivity index (χ1) is 9.76. The van der Waals surface area contributed by atoms with Crippen LogP contribution in [0, 0.1) is 0 Å². The van der Waals surface area contributed by atoms with Gasteiger partial charge in [0.2, 0.25) is 5.95 Å². The van der Waals surface area contributed by atoms with E-state index >= 15 is 0 Å². The molecule has 0 aliphatic heterocycles. The van der Waals surface area contributed by atoms with Gasteiger partial charge in [-0.05, 0) is 6.42 Å². The Kier molecular flexibility index (Phi) is 3.20. The van der Waals surface area contributed by atoms with Gasteiger partial charge in [0.05, 0.1) is 18.2 Å². The Balaban J connectivity index is 1.96. The van der Waals surface area contributed by atoms with Crippen LogP contribution in [0.25, 0.3) is 11.2 Å². The number of nitrogens with one attached hydrogen (secondary N) is 3. The third kappa shape index (κ3) is 2.40. The number of hydrogen-bond acceptors (Lipinski definition) is 6. The normalized spacial score (nSPS) is 10.9. The highest BCUT2D eigenvalue weighted by Gasteiger charge is 2.10. The molecule has 0 saturated carbocycles. The molecule has 0 aliphatic rings. The number of aromatic amines is 1. The number of H-pyrrole nitrogens is 1. The molecule has 0 saturated heterocycles. The second-order valence-corrected chi connectivity index (χ2v) is 4.45. The van der Waals surface area contributed by atoms with E-state index in [-0.39, 0.29) is 0 Å². The molecule has 0 fully saturated rings. The summed E-state index contributed by atoms with van der Waals surface area (Å²) in [6, 6.07) is 0. The Labute approximate surface area is 115 Å². The maximum atomic E-state index is 4.47. The van der Waals surface area contributed by atoms with Gasteiger partial charge >= 0.3 is 0 Å². The van der Waals surface area contributed by atoms with Crippen LogP contribution in [0.1, 0.15) is 13.3 Å². The fourth-order valence-corrected chi connectivity index (χ4v) is 1.86. The predicted molar refractivity (Wildman–Crippen MR) is 77.0 cm³/mol. The largest absolute Gasteiger partial charge is 0.354 e. The van der Waals surface area contributed by atoms with Gasteiger partial charge in [0.25, 0.3) is 0 Å². The molecule has 104 valence electrons. The second-order valence-electron chi connectivity index (χ2n) is 4.45. The SMILES string of the molecule is CCCNc1nc(Nc2cnn(C)c2)c2[nH]cnc2n1. The van der Waals surface area contributed by atoms with Gasteiger partial charge in [-0.2, -0.15) is 15.1 Å². The minimum atomic E-state index is 0.567. The van der Waals surface area contributed by atoms with Crippen molar-refractivity contribution in [2.45, 2.75) is 13.3 Å². The van der Waals surface area contributed by atoms with Crippen molar-refractivity contribution in [3.8, 4) is 0 Å². The topological polar surface area (TPSA) is 96.3 Å². The van der Waals surface area contributed by atoms with Crippen molar-refractivity contribution in [1.82, 2.24) is 29.7 Å². The average molecular weight is 272 g/mol. The number of rotatable bonds is 5. The Morgan fingerprint density at radius 2 is 2.25 bits per heavy atom. The summed E-state index contributed by atoms with van der Waals surface area (Å²) in [5.41, 5.74) is 2.27. The van der Waals surface area contributed by atoms with Crippen molar-refractivity contribution in [1.29, 1.82) is 0 Å². The molecule has 0 atom stereocenters. The average Bonchev–Trinajstić information content (AvgIpc) is 3.05. The molecule has 0 aromatic carbocycles. The van der Waals surface area contributed by atoms with Crippen molar-refractivity contribution in [3.63, 3.8) is 0 Å². The first-order valence-corrected chi connectivity index (χ1v) is 6.47. The standard InChI is InChI=1S/C12H16N8/c1-3-4-13-12-18-10-9(14-7-15-10)11(19-12)17-8-5-16-20(2)6-8/h5-7H,3-4H2,1-2H3,(H3,13,14,15,17,18,19). The predicted octanol–water partition coefficient (Wildman–Crippen LogP) is 1.65. The van der Waals surface area contributed by atoms with E-state index in [0.717, 1.165) is 24.2 Å². The van der Waals surface area contributed by atoms with Gasteiger partial charge in [0.1, 0.15) is 5.52 Å². The van der Waals surface area contributed by atoms with E-state index in [1.165, 1.54) is 0 Å². The molecule has 3 rings (SSSR count). The monoisotopic (exact) mass is 272 g/mol. The van der Waals surface area contributed by atoms with Crippen molar-refractivity contribution in [2.75, 3.05) is 17.2 Å². The van der Waals surface area contributed by atoms with Crippen molar-refractivity contribution in [3.05, 3.63) is 18.7 Å². The summed E-state index contributed by atoms with van der Waals surface area (Å²) in [4.78, 5) is 16.1. The van der Waals surface area contributed by atoms with Crippen LogP contribution in [0.2, 0.25) is 0 Å². The highest BCUT2D eigenvalue weighted by Crippen LogP contribution is 2.22. The zero-order valence-corrected chi connectivity index (χ0v) is 11.4. The van der Waals surface area contributed by atoms with E-state index < -0.39 is 0 Å². The molecule has 0 bridgehead atoms. The second kappa shape index (κ2) is 5.16. The number of nitrogens with zero attached hydrogens (tertiary/aromatic N) is 5. The first-order valence-electron chi connectivity index (χ1n) is 6.47. The van der Waals surface area contributed by atoms with Gasteiger partial charge in [0, 0.05) is 19.8 Å². The molecule has 3 aromatic heterocycles. The quantitative estimate of drug-likeness (QED) is 0.653. The van der Waals surface area contributed by atoms with Crippen LogP contribution in [0.4, 0.5) is 17.5 Å².